The van der Waals surface area contributed by atoms with Crippen molar-refractivity contribution in [1.29, 1.82) is 0 Å². The van der Waals surface area contributed by atoms with Gasteiger partial charge in [-0.25, -0.2) is 0 Å². The van der Waals surface area contributed by atoms with Crippen molar-refractivity contribution in [2.24, 2.45) is 5.92 Å². The standard InChI is InChI=1S/C15H15NO3/c17-12-1-2-14-13(8-12)15(18)11(9-19-14)7-10-3-5-16-6-4-10/h1-6,8,11,15,17-18H,7,9H2/t11-,15+/m1/s1. The summed E-state index contributed by atoms with van der Waals surface area (Å²) in [6.07, 6.45) is 3.58. The second-order valence-corrected chi connectivity index (χ2v) is 4.80. The normalized spacial score (nSPS) is 21.5. The number of benzene rings is 1. The van der Waals surface area contributed by atoms with Crippen LogP contribution in [0.2, 0.25) is 0 Å². The third-order valence-electron chi connectivity index (χ3n) is 3.46. The highest BCUT2D eigenvalue weighted by Crippen LogP contribution is 2.38. The van der Waals surface area contributed by atoms with Crippen molar-refractivity contribution >= 4 is 0 Å². The number of aliphatic hydroxyl groups is 1. The summed E-state index contributed by atoms with van der Waals surface area (Å²) in [6.45, 7) is 0.473. The molecule has 0 saturated carbocycles. The predicted molar refractivity (Wildman–Crippen MR) is 70.0 cm³/mol. The molecule has 0 radical (unpaired) electrons. The molecule has 1 aromatic carbocycles. The van der Waals surface area contributed by atoms with Gasteiger partial charge in [-0.1, -0.05) is 0 Å². The summed E-state index contributed by atoms with van der Waals surface area (Å²) in [4.78, 5) is 3.98. The molecule has 0 fully saturated rings. The highest BCUT2D eigenvalue weighted by atomic mass is 16.5. The molecule has 2 aromatic rings. The van der Waals surface area contributed by atoms with Gasteiger partial charge in [0.1, 0.15) is 11.5 Å². The summed E-state index contributed by atoms with van der Waals surface area (Å²) in [6, 6.07) is 8.69. The average molecular weight is 257 g/mol. The van der Waals surface area contributed by atoms with Crippen LogP contribution in [0.1, 0.15) is 17.2 Å². The van der Waals surface area contributed by atoms with Crippen LogP contribution in [0.5, 0.6) is 11.5 Å². The number of phenols is 1. The Bertz CT molecular complexity index is 571. The summed E-state index contributed by atoms with van der Waals surface area (Å²) in [5, 5.41) is 19.9. The Morgan fingerprint density at radius 3 is 2.79 bits per heavy atom. The van der Waals surface area contributed by atoms with Gasteiger partial charge in [0.05, 0.1) is 12.7 Å². The van der Waals surface area contributed by atoms with Crippen LogP contribution in [-0.4, -0.2) is 21.8 Å². The Balaban J connectivity index is 1.83. The first-order valence-corrected chi connectivity index (χ1v) is 6.27. The van der Waals surface area contributed by atoms with E-state index in [1.165, 1.54) is 0 Å². The maximum Gasteiger partial charge on any atom is 0.125 e. The number of phenolic OH excluding ortho intramolecular Hbond substituents is 1. The van der Waals surface area contributed by atoms with Crippen molar-refractivity contribution in [2.45, 2.75) is 12.5 Å². The number of aliphatic hydroxyl groups excluding tert-OH is 1. The molecule has 1 aromatic heterocycles. The van der Waals surface area contributed by atoms with Crippen LogP contribution >= 0.6 is 0 Å². The fraction of sp³-hybridized carbons (Fsp3) is 0.267. The first-order chi connectivity index (χ1) is 9.24. The molecule has 2 N–H and O–H groups in total. The van der Waals surface area contributed by atoms with E-state index in [-0.39, 0.29) is 11.7 Å². The Labute approximate surface area is 111 Å². The number of aromatic hydroxyl groups is 1. The zero-order valence-corrected chi connectivity index (χ0v) is 10.4. The van der Waals surface area contributed by atoms with E-state index < -0.39 is 6.10 Å². The van der Waals surface area contributed by atoms with Crippen LogP contribution in [-0.2, 0) is 6.42 Å². The van der Waals surface area contributed by atoms with Gasteiger partial charge in [-0.05, 0) is 42.3 Å². The molecule has 0 amide bonds. The fourth-order valence-corrected chi connectivity index (χ4v) is 2.43. The number of ether oxygens (including phenoxy) is 1. The number of fused-ring (bicyclic) bond motifs is 1. The zero-order valence-electron chi connectivity index (χ0n) is 10.4. The lowest BCUT2D eigenvalue weighted by molar-refractivity contribution is 0.0505. The Morgan fingerprint density at radius 1 is 1.21 bits per heavy atom. The number of aromatic nitrogens is 1. The summed E-state index contributed by atoms with van der Waals surface area (Å²) in [7, 11) is 0. The minimum absolute atomic E-state index is 0.0169. The lowest BCUT2D eigenvalue weighted by Gasteiger charge is -2.30. The van der Waals surface area contributed by atoms with E-state index in [0.29, 0.717) is 17.9 Å². The van der Waals surface area contributed by atoms with Gasteiger partial charge in [0.2, 0.25) is 0 Å². The van der Waals surface area contributed by atoms with Gasteiger partial charge in [0.15, 0.2) is 0 Å². The van der Waals surface area contributed by atoms with Gasteiger partial charge in [0.25, 0.3) is 0 Å². The number of hydrogen-bond acceptors (Lipinski definition) is 4. The van der Waals surface area contributed by atoms with Crippen LogP contribution in [0, 0.1) is 5.92 Å². The van der Waals surface area contributed by atoms with Crippen molar-refractivity contribution in [2.75, 3.05) is 6.61 Å². The monoisotopic (exact) mass is 257 g/mol. The van der Waals surface area contributed by atoms with Crippen molar-refractivity contribution in [3.8, 4) is 11.5 Å². The van der Waals surface area contributed by atoms with Gasteiger partial charge in [-0.3, -0.25) is 4.98 Å². The Kier molecular flexibility index (Phi) is 3.09. The molecule has 4 heteroatoms. The molecule has 0 aliphatic carbocycles. The molecular formula is C15H15NO3. The van der Waals surface area contributed by atoms with E-state index in [0.717, 1.165) is 12.0 Å². The maximum absolute atomic E-state index is 10.4. The first-order valence-electron chi connectivity index (χ1n) is 6.27. The molecule has 3 rings (SSSR count). The molecule has 2 heterocycles. The molecule has 0 bridgehead atoms. The van der Waals surface area contributed by atoms with E-state index in [9.17, 15) is 10.2 Å². The van der Waals surface area contributed by atoms with Crippen LogP contribution in [0.25, 0.3) is 0 Å². The van der Waals surface area contributed by atoms with Crippen LogP contribution in [0.15, 0.2) is 42.7 Å². The topological polar surface area (TPSA) is 62.6 Å². The van der Waals surface area contributed by atoms with Crippen molar-refractivity contribution in [3.63, 3.8) is 0 Å². The van der Waals surface area contributed by atoms with Crippen molar-refractivity contribution in [3.05, 3.63) is 53.9 Å². The lowest BCUT2D eigenvalue weighted by Crippen LogP contribution is -2.27. The van der Waals surface area contributed by atoms with Gasteiger partial charge in [0, 0.05) is 23.9 Å². The zero-order chi connectivity index (χ0) is 13.2. The molecule has 0 unspecified atom stereocenters. The molecule has 19 heavy (non-hydrogen) atoms. The second-order valence-electron chi connectivity index (χ2n) is 4.80. The van der Waals surface area contributed by atoms with E-state index in [2.05, 4.69) is 4.98 Å². The highest BCUT2D eigenvalue weighted by Gasteiger charge is 2.29. The molecular weight excluding hydrogens is 242 g/mol. The fourth-order valence-electron chi connectivity index (χ4n) is 2.43. The maximum atomic E-state index is 10.4. The van der Waals surface area contributed by atoms with E-state index in [1.807, 2.05) is 12.1 Å². The molecule has 0 spiro atoms. The smallest absolute Gasteiger partial charge is 0.125 e. The Hall–Kier alpha value is -2.07. The minimum atomic E-state index is -0.621. The summed E-state index contributed by atoms with van der Waals surface area (Å²) < 4.78 is 5.65. The molecule has 4 nitrogen and oxygen atoms in total. The summed E-state index contributed by atoms with van der Waals surface area (Å²) >= 11 is 0. The molecule has 1 aliphatic heterocycles. The number of nitrogens with zero attached hydrogens (tertiary/aromatic N) is 1. The highest BCUT2D eigenvalue weighted by molar-refractivity contribution is 5.42. The number of pyridine rings is 1. The third kappa shape index (κ3) is 2.39. The van der Waals surface area contributed by atoms with Crippen LogP contribution in [0.3, 0.4) is 0 Å². The molecule has 2 atom stereocenters. The minimum Gasteiger partial charge on any atom is -0.508 e. The van der Waals surface area contributed by atoms with E-state index in [1.54, 1.807) is 30.6 Å². The number of rotatable bonds is 2. The average Bonchev–Trinajstić information content (AvgIpc) is 2.44. The van der Waals surface area contributed by atoms with Gasteiger partial charge < -0.3 is 14.9 Å². The lowest BCUT2D eigenvalue weighted by atomic mass is 9.88. The first kappa shape index (κ1) is 12.0. The molecule has 98 valence electrons. The predicted octanol–water partition coefficient (Wildman–Crippen LogP) is 2.07. The van der Waals surface area contributed by atoms with Crippen molar-refractivity contribution in [1.82, 2.24) is 4.98 Å². The summed E-state index contributed by atoms with van der Waals surface area (Å²) in [5.41, 5.74) is 1.77. The van der Waals surface area contributed by atoms with E-state index in [4.69, 9.17) is 4.74 Å². The number of hydrogen-bond donors (Lipinski definition) is 2. The van der Waals surface area contributed by atoms with E-state index >= 15 is 0 Å². The second kappa shape index (κ2) is 4.90. The van der Waals surface area contributed by atoms with Crippen LogP contribution in [0.4, 0.5) is 0 Å². The molecule has 0 saturated heterocycles. The third-order valence-corrected chi connectivity index (χ3v) is 3.46. The SMILES string of the molecule is Oc1ccc2c(c1)[C@@H](O)[C@H](Cc1ccncc1)CO2. The van der Waals surface area contributed by atoms with Crippen LogP contribution < -0.4 is 4.74 Å². The quantitative estimate of drug-likeness (QED) is 0.864. The molecule has 1 aliphatic rings. The largest absolute Gasteiger partial charge is 0.508 e. The van der Waals surface area contributed by atoms with Gasteiger partial charge in [-0.15, -0.1) is 0 Å². The van der Waals surface area contributed by atoms with Gasteiger partial charge in [-0.2, -0.15) is 0 Å². The summed E-state index contributed by atoms with van der Waals surface area (Å²) in [5.74, 6) is 0.777. The van der Waals surface area contributed by atoms with Crippen molar-refractivity contribution < 1.29 is 14.9 Å². The van der Waals surface area contributed by atoms with Gasteiger partial charge >= 0.3 is 0 Å². The Morgan fingerprint density at radius 2 is 2.00 bits per heavy atom.